The van der Waals surface area contributed by atoms with Gasteiger partial charge in [0.1, 0.15) is 5.60 Å². The predicted molar refractivity (Wildman–Crippen MR) is 66.9 cm³/mol. The van der Waals surface area contributed by atoms with Crippen molar-refractivity contribution in [2.45, 2.75) is 58.8 Å². The Labute approximate surface area is 104 Å². The third kappa shape index (κ3) is 6.03. The molecule has 0 aromatic heterocycles. The summed E-state index contributed by atoms with van der Waals surface area (Å²) in [5, 5.41) is 0. The zero-order valence-electron chi connectivity index (χ0n) is 11.7. The molecule has 4 heteroatoms. The molecule has 0 N–H and O–H groups in total. The van der Waals surface area contributed by atoms with Gasteiger partial charge in [0, 0.05) is 19.6 Å². The summed E-state index contributed by atoms with van der Waals surface area (Å²) in [5.41, 5.74) is -0.386. The molecule has 0 saturated carbocycles. The van der Waals surface area contributed by atoms with Gasteiger partial charge in [-0.05, 0) is 34.6 Å². The molecular formula is C13H25NO3. The van der Waals surface area contributed by atoms with E-state index in [9.17, 15) is 4.79 Å². The quantitative estimate of drug-likeness (QED) is 0.709. The number of esters is 1. The lowest BCUT2D eigenvalue weighted by Crippen LogP contribution is -2.46. The second-order valence-electron chi connectivity index (χ2n) is 5.85. The molecule has 17 heavy (non-hydrogen) atoms. The Morgan fingerprint density at radius 3 is 2.29 bits per heavy atom. The van der Waals surface area contributed by atoms with Crippen LogP contribution < -0.4 is 0 Å². The summed E-state index contributed by atoms with van der Waals surface area (Å²) in [4.78, 5) is 13.9. The fourth-order valence-electron chi connectivity index (χ4n) is 2.11. The minimum absolute atomic E-state index is 0.121. The van der Waals surface area contributed by atoms with Crippen molar-refractivity contribution in [2.24, 2.45) is 0 Å². The average Bonchev–Trinajstić information content (AvgIpc) is 2.10. The number of hydrogen-bond acceptors (Lipinski definition) is 4. The van der Waals surface area contributed by atoms with Gasteiger partial charge in [0.2, 0.25) is 0 Å². The molecule has 1 fully saturated rings. The fraction of sp³-hybridized carbons (Fsp3) is 0.923. The summed E-state index contributed by atoms with van der Waals surface area (Å²) >= 11 is 0. The summed E-state index contributed by atoms with van der Waals surface area (Å²) in [6.07, 6.45) is 0.950. The van der Waals surface area contributed by atoms with Crippen LogP contribution in [0.1, 0.15) is 41.0 Å². The van der Waals surface area contributed by atoms with Gasteiger partial charge in [-0.15, -0.1) is 0 Å². The molecule has 0 radical (unpaired) electrons. The minimum Gasteiger partial charge on any atom is -0.460 e. The highest BCUT2D eigenvalue weighted by Gasteiger charge is 2.23. The summed E-state index contributed by atoms with van der Waals surface area (Å²) in [6.45, 7) is 12.4. The first-order chi connectivity index (χ1) is 7.76. The highest BCUT2D eigenvalue weighted by atomic mass is 16.6. The lowest BCUT2D eigenvalue weighted by Gasteiger charge is -2.35. The Balaban J connectivity index is 2.28. The van der Waals surface area contributed by atoms with Gasteiger partial charge in [0.25, 0.3) is 0 Å². The molecule has 2 atom stereocenters. The Morgan fingerprint density at radius 1 is 1.29 bits per heavy atom. The van der Waals surface area contributed by atoms with Crippen molar-refractivity contribution in [3.05, 3.63) is 0 Å². The normalized spacial score (nSPS) is 26.9. The maximum atomic E-state index is 11.6. The van der Waals surface area contributed by atoms with Crippen molar-refractivity contribution in [3.8, 4) is 0 Å². The Morgan fingerprint density at radius 2 is 1.82 bits per heavy atom. The lowest BCUT2D eigenvalue weighted by molar-refractivity contribution is -0.155. The molecule has 1 heterocycles. The van der Waals surface area contributed by atoms with E-state index in [-0.39, 0.29) is 23.8 Å². The second kappa shape index (κ2) is 5.83. The Kier molecular flexibility index (Phi) is 4.95. The maximum Gasteiger partial charge on any atom is 0.307 e. The zero-order valence-corrected chi connectivity index (χ0v) is 11.7. The van der Waals surface area contributed by atoms with Gasteiger partial charge in [-0.2, -0.15) is 0 Å². The van der Waals surface area contributed by atoms with Crippen LogP contribution in [0.2, 0.25) is 0 Å². The molecule has 0 aromatic carbocycles. The predicted octanol–water partition coefficient (Wildman–Crippen LogP) is 1.83. The van der Waals surface area contributed by atoms with Crippen LogP contribution in [0.15, 0.2) is 0 Å². The van der Waals surface area contributed by atoms with Gasteiger partial charge < -0.3 is 9.47 Å². The van der Waals surface area contributed by atoms with Crippen LogP contribution in [-0.2, 0) is 14.3 Å². The van der Waals surface area contributed by atoms with E-state index in [0.717, 1.165) is 19.6 Å². The molecule has 1 aliphatic rings. The van der Waals surface area contributed by atoms with E-state index in [1.54, 1.807) is 0 Å². The second-order valence-corrected chi connectivity index (χ2v) is 5.85. The molecule has 1 rings (SSSR count). The van der Waals surface area contributed by atoms with E-state index >= 15 is 0 Å². The van der Waals surface area contributed by atoms with Gasteiger partial charge in [0.15, 0.2) is 0 Å². The number of hydrogen-bond donors (Lipinski definition) is 0. The van der Waals surface area contributed by atoms with Gasteiger partial charge in [-0.1, -0.05) is 0 Å². The van der Waals surface area contributed by atoms with Gasteiger partial charge in [-0.25, -0.2) is 0 Å². The van der Waals surface area contributed by atoms with Crippen LogP contribution in [0.25, 0.3) is 0 Å². The van der Waals surface area contributed by atoms with Gasteiger partial charge in [-0.3, -0.25) is 9.69 Å². The number of morpholine rings is 1. The molecule has 0 bridgehead atoms. The number of rotatable bonds is 3. The molecule has 0 aliphatic carbocycles. The van der Waals surface area contributed by atoms with Crippen molar-refractivity contribution < 1.29 is 14.3 Å². The summed E-state index contributed by atoms with van der Waals surface area (Å²) in [7, 11) is 0. The number of nitrogens with zero attached hydrogens (tertiary/aromatic N) is 1. The SMILES string of the molecule is CC1CN(CCC(=O)OC(C)(C)C)CC(C)O1. The van der Waals surface area contributed by atoms with Crippen molar-refractivity contribution in [1.29, 1.82) is 0 Å². The average molecular weight is 243 g/mol. The van der Waals surface area contributed by atoms with E-state index in [2.05, 4.69) is 18.7 Å². The standard InChI is InChI=1S/C13H25NO3/c1-10-8-14(9-11(2)16-10)7-6-12(15)17-13(3,4)5/h10-11H,6-9H2,1-5H3. The monoisotopic (exact) mass is 243 g/mol. The minimum atomic E-state index is -0.386. The van der Waals surface area contributed by atoms with Crippen LogP contribution in [0.4, 0.5) is 0 Å². The zero-order chi connectivity index (χ0) is 13.1. The highest BCUT2D eigenvalue weighted by molar-refractivity contribution is 5.70. The first-order valence-corrected chi connectivity index (χ1v) is 6.36. The molecule has 1 aliphatic heterocycles. The third-order valence-corrected chi connectivity index (χ3v) is 2.55. The molecule has 0 amide bonds. The van der Waals surface area contributed by atoms with Crippen LogP contribution >= 0.6 is 0 Å². The van der Waals surface area contributed by atoms with Crippen molar-refractivity contribution >= 4 is 5.97 Å². The fourth-order valence-corrected chi connectivity index (χ4v) is 2.11. The number of ether oxygens (including phenoxy) is 2. The van der Waals surface area contributed by atoms with E-state index in [0.29, 0.717) is 6.42 Å². The van der Waals surface area contributed by atoms with E-state index in [4.69, 9.17) is 9.47 Å². The number of carbonyl (C=O) groups excluding carboxylic acids is 1. The first kappa shape index (κ1) is 14.5. The van der Waals surface area contributed by atoms with E-state index in [1.807, 2.05) is 20.8 Å². The molecular weight excluding hydrogens is 218 g/mol. The van der Waals surface area contributed by atoms with Crippen LogP contribution in [0.3, 0.4) is 0 Å². The van der Waals surface area contributed by atoms with E-state index in [1.165, 1.54) is 0 Å². The van der Waals surface area contributed by atoms with Crippen molar-refractivity contribution in [1.82, 2.24) is 4.90 Å². The Bertz CT molecular complexity index is 250. The lowest BCUT2D eigenvalue weighted by atomic mass is 10.2. The highest BCUT2D eigenvalue weighted by Crippen LogP contribution is 2.12. The molecule has 0 aromatic rings. The Hall–Kier alpha value is -0.610. The topological polar surface area (TPSA) is 38.8 Å². The van der Waals surface area contributed by atoms with E-state index < -0.39 is 0 Å². The molecule has 1 saturated heterocycles. The molecule has 4 nitrogen and oxygen atoms in total. The number of carbonyl (C=O) groups is 1. The van der Waals surface area contributed by atoms with Crippen LogP contribution in [-0.4, -0.2) is 48.3 Å². The van der Waals surface area contributed by atoms with Crippen molar-refractivity contribution in [3.63, 3.8) is 0 Å². The summed E-state index contributed by atoms with van der Waals surface area (Å²) < 4.78 is 10.9. The van der Waals surface area contributed by atoms with Crippen molar-refractivity contribution in [2.75, 3.05) is 19.6 Å². The first-order valence-electron chi connectivity index (χ1n) is 6.36. The van der Waals surface area contributed by atoms with Crippen LogP contribution in [0.5, 0.6) is 0 Å². The summed E-state index contributed by atoms with van der Waals surface area (Å²) in [6, 6.07) is 0. The van der Waals surface area contributed by atoms with Gasteiger partial charge in [0.05, 0.1) is 18.6 Å². The molecule has 0 spiro atoms. The maximum absolute atomic E-state index is 11.6. The molecule has 2 unspecified atom stereocenters. The van der Waals surface area contributed by atoms with Gasteiger partial charge >= 0.3 is 5.97 Å². The third-order valence-electron chi connectivity index (χ3n) is 2.55. The largest absolute Gasteiger partial charge is 0.460 e. The molecule has 100 valence electrons. The van der Waals surface area contributed by atoms with Crippen LogP contribution in [0, 0.1) is 0 Å². The summed E-state index contributed by atoms with van der Waals surface area (Å²) in [5.74, 6) is -0.121. The smallest absolute Gasteiger partial charge is 0.307 e.